The molecule has 0 bridgehead atoms. The van der Waals surface area contributed by atoms with Gasteiger partial charge in [-0.3, -0.25) is 4.90 Å². The van der Waals surface area contributed by atoms with Crippen LogP contribution in [0, 0.1) is 0 Å². The lowest BCUT2D eigenvalue weighted by atomic mass is 9.91. The van der Waals surface area contributed by atoms with Crippen LogP contribution in [0.5, 0.6) is 0 Å². The zero-order valence-corrected chi connectivity index (χ0v) is 14.4. The minimum Gasteiger partial charge on any atom is -0.380 e. The summed E-state index contributed by atoms with van der Waals surface area (Å²) < 4.78 is 11.2. The summed E-state index contributed by atoms with van der Waals surface area (Å²) >= 11 is 0. The molecule has 0 aromatic heterocycles. The monoisotopic (exact) mass is 300 g/mol. The molecule has 0 aliphatic heterocycles. The summed E-state index contributed by atoms with van der Waals surface area (Å²) in [5.74, 6) is 0. The molecule has 0 amide bonds. The average Bonchev–Trinajstić information content (AvgIpc) is 2.47. The molecule has 126 valence electrons. The molecule has 1 fully saturated rings. The standard InChI is InChI=1S/C17H36N2O2/c1-4-20-14-12-19(13-15-21-5-2)17-11-9-7-6-8-10-16(17)18-3/h16-18H,4-15H2,1-3H3. The molecule has 1 rings (SSSR count). The zero-order valence-electron chi connectivity index (χ0n) is 14.4. The topological polar surface area (TPSA) is 33.7 Å². The number of hydrogen-bond acceptors (Lipinski definition) is 4. The quantitative estimate of drug-likeness (QED) is 0.629. The summed E-state index contributed by atoms with van der Waals surface area (Å²) in [7, 11) is 2.11. The Bertz CT molecular complexity index is 229. The Balaban J connectivity index is 2.59. The molecule has 0 saturated heterocycles. The first-order valence-electron chi connectivity index (χ1n) is 8.90. The minimum absolute atomic E-state index is 0.605. The lowest BCUT2D eigenvalue weighted by molar-refractivity contribution is 0.0471. The molecule has 0 aromatic carbocycles. The van der Waals surface area contributed by atoms with Crippen molar-refractivity contribution in [2.45, 2.75) is 64.5 Å². The highest BCUT2D eigenvalue weighted by atomic mass is 16.5. The van der Waals surface area contributed by atoms with Gasteiger partial charge in [0.05, 0.1) is 13.2 Å². The van der Waals surface area contributed by atoms with Gasteiger partial charge in [-0.25, -0.2) is 0 Å². The van der Waals surface area contributed by atoms with Crippen molar-refractivity contribution in [1.29, 1.82) is 0 Å². The molecule has 1 aliphatic rings. The molecular formula is C17H36N2O2. The van der Waals surface area contributed by atoms with Crippen LogP contribution in [-0.2, 0) is 9.47 Å². The molecule has 21 heavy (non-hydrogen) atoms. The van der Waals surface area contributed by atoms with Gasteiger partial charge in [-0.2, -0.15) is 0 Å². The van der Waals surface area contributed by atoms with E-state index in [1.54, 1.807) is 0 Å². The van der Waals surface area contributed by atoms with Crippen molar-refractivity contribution in [3.63, 3.8) is 0 Å². The predicted molar refractivity (Wildman–Crippen MR) is 88.9 cm³/mol. The van der Waals surface area contributed by atoms with E-state index in [1.165, 1.54) is 38.5 Å². The Morgan fingerprint density at radius 2 is 1.48 bits per heavy atom. The van der Waals surface area contributed by atoms with Crippen molar-refractivity contribution in [1.82, 2.24) is 10.2 Å². The van der Waals surface area contributed by atoms with Crippen molar-refractivity contribution in [2.24, 2.45) is 0 Å². The first-order valence-corrected chi connectivity index (χ1v) is 8.90. The molecule has 1 aliphatic carbocycles. The molecule has 0 aromatic rings. The normalized spacial score (nSPS) is 24.0. The number of hydrogen-bond donors (Lipinski definition) is 1. The van der Waals surface area contributed by atoms with Gasteiger partial charge in [0.2, 0.25) is 0 Å². The van der Waals surface area contributed by atoms with Crippen LogP contribution in [0.15, 0.2) is 0 Å². The highest BCUT2D eigenvalue weighted by molar-refractivity contribution is 4.85. The van der Waals surface area contributed by atoms with E-state index in [4.69, 9.17) is 9.47 Å². The Labute approximate surface area is 131 Å². The fourth-order valence-electron chi connectivity index (χ4n) is 3.33. The highest BCUT2D eigenvalue weighted by Gasteiger charge is 2.26. The second-order valence-corrected chi connectivity index (χ2v) is 5.88. The summed E-state index contributed by atoms with van der Waals surface area (Å²) in [6.45, 7) is 9.44. The molecular weight excluding hydrogens is 264 g/mol. The molecule has 4 nitrogen and oxygen atoms in total. The smallest absolute Gasteiger partial charge is 0.0593 e. The molecule has 0 heterocycles. The van der Waals surface area contributed by atoms with E-state index in [1.807, 2.05) is 0 Å². The van der Waals surface area contributed by atoms with Gasteiger partial charge >= 0.3 is 0 Å². The van der Waals surface area contributed by atoms with Gasteiger partial charge in [0.15, 0.2) is 0 Å². The van der Waals surface area contributed by atoms with Crippen LogP contribution in [0.1, 0.15) is 52.4 Å². The third-order valence-corrected chi connectivity index (χ3v) is 4.52. The molecule has 1 N–H and O–H groups in total. The summed E-state index contributed by atoms with van der Waals surface area (Å²) in [5.41, 5.74) is 0. The predicted octanol–water partition coefficient (Wildman–Crippen LogP) is 2.67. The summed E-state index contributed by atoms with van der Waals surface area (Å²) in [6.07, 6.45) is 8.07. The van der Waals surface area contributed by atoms with Gasteiger partial charge < -0.3 is 14.8 Å². The van der Waals surface area contributed by atoms with E-state index >= 15 is 0 Å². The van der Waals surface area contributed by atoms with E-state index in [0.29, 0.717) is 12.1 Å². The molecule has 4 heteroatoms. The van der Waals surface area contributed by atoms with Gasteiger partial charge in [-0.05, 0) is 33.7 Å². The average molecular weight is 300 g/mol. The second-order valence-electron chi connectivity index (χ2n) is 5.88. The van der Waals surface area contributed by atoms with Crippen molar-refractivity contribution >= 4 is 0 Å². The van der Waals surface area contributed by atoms with Gasteiger partial charge in [0.25, 0.3) is 0 Å². The van der Waals surface area contributed by atoms with Crippen LogP contribution in [0.4, 0.5) is 0 Å². The highest BCUT2D eigenvalue weighted by Crippen LogP contribution is 2.22. The van der Waals surface area contributed by atoms with Crippen molar-refractivity contribution in [2.75, 3.05) is 46.6 Å². The van der Waals surface area contributed by atoms with Crippen molar-refractivity contribution in [3.8, 4) is 0 Å². The first kappa shape index (κ1) is 18.9. The Kier molecular flexibility index (Phi) is 11.1. The van der Waals surface area contributed by atoms with Crippen LogP contribution >= 0.6 is 0 Å². The molecule has 1 saturated carbocycles. The summed E-state index contributed by atoms with van der Waals surface area (Å²) in [5, 5.41) is 3.56. The Morgan fingerprint density at radius 1 is 0.905 bits per heavy atom. The SMILES string of the molecule is CCOCCN(CCOCC)C1CCCCCCC1NC. The van der Waals surface area contributed by atoms with Crippen LogP contribution in [0.2, 0.25) is 0 Å². The fourth-order valence-corrected chi connectivity index (χ4v) is 3.33. The van der Waals surface area contributed by atoms with Crippen LogP contribution in [0.25, 0.3) is 0 Å². The van der Waals surface area contributed by atoms with Crippen molar-refractivity contribution in [3.05, 3.63) is 0 Å². The van der Waals surface area contributed by atoms with E-state index < -0.39 is 0 Å². The molecule has 0 spiro atoms. The van der Waals surface area contributed by atoms with Gasteiger partial charge in [0.1, 0.15) is 0 Å². The first-order chi connectivity index (χ1) is 10.3. The van der Waals surface area contributed by atoms with Crippen molar-refractivity contribution < 1.29 is 9.47 Å². The molecule has 2 unspecified atom stereocenters. The van der Waals surface area contributed by atoms with E-state index in [2.05, 4.69) is 31.1 Å². The number of likely N-dealkylation sites (N-methyl/N-ethyl adjacent to an activating group) is 1. The number of ether oxygens (including phenoxy) is 2. The van der Waals surface area contributed by atoms with Gasteiger partial charge in [-0.1, -0.05) is 25.7 Å². The van der Waals surface area contributed by atoms with E-state index in [-0.39, 0.29) is 0 Å². The lowest BCUT2D eigenvalue weighted by Crippen LogP contribution is -2.51. The van der Waals surface area contributed by atoms with Crippen LogP contribution in [0.3, 0.4) is 0 Å². The maximum absolute atomic E-state index is 5.58. The van der Waals surface area contributed by atoms with Gasteiger partial charge in [-0.15, -0.1) is 0 Å². The Hall–Kier alpha value is -0.160. The lowest BCUT2D eigenvalue weighted by Gasteiger charge is -2.38. The summed E-state index contributed by atoms with van der Waals surface area (Å²) in [6, 6.07) is 1.23. The Morgan fingerprint density at radius 3 is 2.00 bits per heavy atom. The zero-order chi connectivity index (χ0) is 15.3. The maximum Gasteiger partial charge on any atom is 0.0593 e. The van der Waals surface area contributed by atoms with Gasteiger partial charge in [0, 0.05) is 38.4 Å². The third-order valence-electron chi connectivity index (χ3n) is 4.52. The number of nitrogens with zero attached hydrogens (tertiary/aromatic N) is 1. The maximum atomic E-state index is 5.58. The largest absolute Gasteiger partial charge is 0.380 e. The molecule has 2 atom stereocenters. The van der Waals surface area contributed by atoms with Crippen LogP contribution < -0.4 is 5.32 Å². The summed E-state index contributed by atoms with van der Waals surface area (Å²) in [4.78, 5) is 2.60. The number of nitrogens with one attached hydrogen (secondary N) is 1. The second kappa shape index (κ2) is 12.4. The van der Waals surface area contributed by atoms with E-state index in [0.717, 1.165) is 39.5 Å². The number of rotatable bonds is 10. The minimum atomic E-state index is 0.605. The molecule has 0 radical (unpaired) electrons. The van der Waals surface area contributed by atoms with E-state index in [9.17, 15) is 0 Å². The van der Waals surface area contributed by atoms with Crippen LogP contribution in [-0.4, -0.2) is 63.5 Å². The third kappa shape index (κ3) is 7.59. The fraction of sp³-hybridized carbons (Fsp3) is 1.00.